The fourth-order valence-electron chi connectivity index (χ4n) is 4.95. The molecule has 5 nitrogen and oxygen atoms in total. The molecule has 5 heteroatoms. The number of aliphatic hydroxyl groups is 1. The predicted octanol–water partition coefficient (Wildman–Crippen LogP) is 2.37. The van der Waals surface area contributed by atoms with E-state index in [0.717, 1.165) is 44.7 Å². The van der Waals surface area contributed by atoms with Crippen LogP contribution in [0.2, 0.25) is 0 Å². The van der Waals surface area contributed by atoms with Crippen molar-refractivity contribution in [2.75, 3.05) is 33.3 Å². The third-order valence-corrected chi connectivity index (χ3v) is 6.44. The molecule has 0 aliphatic carbocycles. The van der Waals surface area contributed by atoms with Gasteiger partial charge < -0.3 is 10.0 Å². The van der Waals surface area contributed by atoms with Crippen LogP contribution in [0.25, 0.3) is 11.3 Å². The minimum atomic E-state index is 0.0979. The van der Waals surface area contributed by atoms with Crippen LogP contribution in [0, 0.1) is 5.41 Å². The molecule has 2 saturated heterocycles. The molecule has 0 spiro atoms. The Morgan fingerprint density at radius 1 is 1.15 bits per heavy atom. The quantitative estimate of drug-likeness (QED) is 0.916. The molecule has 2 aliphatic rings. The summed E-state index contributed by atoms with van der Waals surface area (Å²) in [6.07, 6.45) is 5.60. The zero-order valence-electron chi connectivity index (χ0n) is 15.9. The van der Waals surface area contributed by atoms with Crippen molar-refractivity contribution in [3.8, 4) is 11.3 Å². The summed E-state index contributed by atoms with van der Waals surface area (Å²) in [5, 5.41) is 14.8. The van der Waals surface area contributed by atoms with Crippen LogP contribution in [-0.4, -0.2) is 64.0 Å². The van der Waals surface area contributed by atoms with E-state index in [2.05, 4.69) is 47.3 Å². The highest BCUT2D eigenvalue weighted by molar-refractivity contribution is 5.62. The minimum absolute atomic E-state index is 0.0979. The molecule has 1 aromatic carbocycles. The predicted molar refractivity (Wildman–Crippen MR) is 104 cm³/mol. The average Bonchev–Trinajstić information content (AvgIpc) is 3.03. The SMILES string of the molecule is CN1CCC[C@]2(CO)CCN(Cc3cn(C)nc3-c3ccccc3)C[C@@H]12. The second-order valence-electron chi connectivity index (χ2n) is 8.15. The van der Waals surface area contributed by atoms with E-state index in [0.29, 0.717) is 12.6 Å². The van der Waals surface area contributed by atoms with Crippen LogP contribution in [-0.2, 0) is 13.6 Å². The molecule has 0 amide bonds. The smallest absolute Gasteiger partial charge is 0.0968 e. The largest absolute Gasteiger partial charge is 0.396 e. The lowest BCUT2D eigenvalue weighted by Crippen LogP contribution is -2.61. The van der Waals surface area contributed by atoms with Gasteiger partial charge in [0.15, 0.2) is 0 Å². The Balaban J connectivity index is 1.54. The lowest BCUT2D eigenvalue weighted by atomic mass is 9.69. The number of hydrogen-bond donors (Lipinski definition) is 1. The number of benzene rings is 1. The zero-order valence-corrected chi connectivity index (χ0v) is 15.9. The fraction of sp³-hybridized carbons (Fsp3) is 0.571. The number of piperidine rings is 2. The summed E-state index contributed by atoms with van der Waals surface area (Å²) in [5.41, 5.74) is 3.65. The molecule has 1 aromatic heterocycles. The van der Waals surface area contributed by atoms with Crippen molar-refractivity contribution in [2.45, 2.75) is 31.8 Å². The van der Waals surface area contributed by atoms with Gasteiger partial charge in [-0.2, -0.15) is 5.10 Å². The highest BCUT2D eigenvalue weighted by Crippen LogP contribution is 2.42. The van der Waals surface area contributed by atoms with Crippen molar-refractivity contribution in [3.05, 3.63) is 42.1 Å². The highest BCUT2D eigenvalue weighted by atomic mass is 16.3. The Kier molecular flexibility index (Phi) is 4.86. The van der Waals surface area contributed by atoms with Crippen molar-refractivity contribution in [3.63, 3.8) is 0 Å². The third kappa shape index (κ3) is 3.20. The fourth-order valence-corrected chi connectivity index (χ4v) is 4.95. The van der Waals surface area contributed by atoms with E-state index < -0.39 is 0 Å². The van der Waals surface area contributed by atoms with E-state index in [9.17, 15) is 5.11 Å². The number of aliphatic hydroxyl groups excluding tert-OH is 1. The van der Waals surface area contributed by atoms with Gasteiger partial charge in [0, 0.05) is 48.9 Å². The Morgan fingerprint density at radius 2 is 1.96 bits per heavy atom. The maximum Gasteiger partial charge on any atom is 0.0968 e. The highest BCUT2D eigenvalue weighted by Gasteiger charge is 2.46. The molecular weight excluding hydrogens is 324 g/mol. The van der Waals surface area contributed by atoms with Crippen LogP contribution >= 0.6 is 0 Å². The number of rotatable bonds is 4. The first kappa shape index (κ1) is 17.7. The molecule has 0 bridgehead atoms. The zero-order chi connectivity index (χ0) is 18.1. The third-order valence-electron chi connectivity index (χ3n) is 6.44. The molecule has 3 heterocycles. The van der Waals surface area contributed by atoms with Crippen molar-refractivity contribution in [1.82, 2.24) is 19.6 Å². The minimum Gasteiger partial charge on any atom is -0.396 e. The number of likely N-dealkylation sites (N-methyl/N-ethyl adjacent to an activating group) is 1. The number of likely N-dealkylation sites (tertiary alicyclic amines) is 2. The van der Waals surface area contributed by atoms with E-state index in [-0.39, 0.29) is 5.41 Å². The van der Waals surface area contributed by atoms with E-state index in [4.69, 9.17) is 5.10 Å². The Morgan fingerprint density at radius 3 is 2.73 bits per heavy atom. The second kappa shape index (κ2) is 7.14. The van der Waals surface area contributed by atoms with Gasteiger partial charge in [-0.25, -0.2) is 0 Å². The number of aromatic nitrogens is 2. The number of fused-ring (bicyclic) bond motifs is 1. The van der Waals surface area contributed by atoms with Crippen molar-refractivity contribution < 1.29 is 5.11 Å². The summed E-state index contributed by atoms with van der Waals surface area (Å²) < 4.78 is 1.92. The number of nitrogens with zero attached hydrogens (tertiary/aromatic N) is 4. The van der Waals surface area contributed by atoms with Gasteiger partial charge >= 0.3 is 0 Å². The molecule has 0 saturated carbocycles. The Bertz CT molecular complexity index is 744. The molecule has 140 valence electrons. The summed E-state index contributed by atoms with van der Waals surface area (Å²) in [5.74, 6) is 0. The molecule has 0 radical (unpaired) electrons. The number of hydrogen-bond acceptors (Lipinski definition) is 4. The summed E-state index contributed by atoms with van der Waals surface area (Å²) in [6, 6.07) is 10.9. The normalized spacial score (nSPS) is 27.4. The van der Waals surface area contributed by atoms with Crippen molar-refractivity contribution in [2.24, 2.45) is 12.5 Å². The maximum atomic E-state index is 10.1. The second-order valence-corrected chi connectivity index (χ2v) is 8.15. The molecule has 2 aromatic rings. The van der Waals surface area contributed by atoms with Gasteiger partial charge in [0.05, 0.1) is 12.3 Å². The molecule has 4 rings (SSSR count). The van der Waals surface area contributed by atoms with Gasteiger partial charge in [0.25, 0.3) is 0 Å². The van der Waals surface area contributed by atoms with Gasteiger partial charge in [-0.15, -0.1) is 0 Å². The molecule has 2 atom stereocenters. The summed E-state index contributed by atoms with van der Waals surface area (Å²) >= 11 is 0. The van der Waals surface area contributed by atoms with E-state index >= 15 is 0 Å². The van der Waals surface area contributed by atoms with Crippen molar-refractivity contribution >= 4 is 0 Å². The van der Waals surface area contributed by atoms with Crippen LogP contribution in [0.3, 0.4) is 0 Å². The first-order valence-electron chi connectivity index (χ1n) is 9.73. The first-order chi connectivity index (χ1) is 12.6. The molecular formula is C21H30N4O. The van der Waals surface area contributed by atoms with Gasteiger partial charge in [0.2, 0.25) is 0 Å². The first-order valence-corrected chi connectivity index (χ1v) is 9.73. The van der Waals surface area contributed by atoms with Crippen LogP contribution < -0.4 is 0 Å². The lowest BCUT2D eigenvalue weighted by molar-refractivity contribution is -0.0684. The monoisotopic (exact) mass is 354 g/mol. The molecule has 1 N–H and O–H groups in total. The van der Waals surface area contributed by atoms with Crippen LogP contribution in [0.1, 0.15) is 24.8 Å². The van der Waals surface area contributed by atoms with Gasteiger partial charge in [-0.1, -0.05) is 30.3 Å². The molecule has 26 heavy (non-hydrogen) atoms. The maximum absolute atomic E-state index is 10.1. The van der Waals surface area contributed by atoms with Gasteiger partial charge in [-0.3, -0.25) is 9.58 Å². The standard InChI is InChI=1S/C21H30N4O/c1-23-11-6-9-21(16-26)10-12-25(15-19(21)23)14-18-13-24(2)22-20(18)17-7-4-3-5-8-17/h3-5,7-8,13,19,26H,6,9-12,14-16H2,1-2H3/t19-,21-/m1/s1. The summed E-state index contributed by atoms with van der Waals surface area (Å²) in [7, 11) is 4.22. The lowest BCUT2D eigenvalue weighted by Gasteiger charge is -2.53. The Hall–Kier alpha value is -1.69. The van der Waals surface area contributed by atoms with E-state index in [1.807, 2.05) is 17.8 Å². The average molecular weight is 354 g/mol. The topological polar surface area (TPSA) is 44.5 Å². The van der Waals surface area contributed by atoms with E-state index in [1.165, 1.54) is 17.5 Å². The summed E-state index contributed by atoms with van der Waals surface area (Å²) in [6.45, 7) is 4.46. The van der Waals surface area contributed by atoms with Gasteiger partial charge in [0.1, 0.15) is 0 Å². The molecule has 0 unspecified atom stereocenters. The van der Waals surface area contributed by atoms with Crippen molar-refractivity contribution in [1.29, 1.82) is 0 Å². The Labute approximate surface area is 156 Å². The molecule has 2 aliphatic heterocycles. The summed E-state index contributed by atoms with van der Waals surface area (Å²) in [4.78, 5) is 5.01. The van der Waals surface area contributed by atoms with Crippen LogP contribution in [0.4, 0.5) is 0 Å². The number of aryl methyl sites for hydroxylation is 1. The van der Waals surface area contributed by atoms with E-state index in [1.54, 1.807) is 0 Å². The molecule has 2 fully saturated rings. The van der Waals surface area contributed by atoms with Crippen LogP contribution in [0.5, 0.6) is 0 Å². The van der Waals surface area contributed by atoms with Gasteiger partial charge in [-0.05, 0) is 39.4 Å². The van der Waals surface area contributed by atoms with Crippen LogP contribution in [0.15, 0.2) is 36.5 Å².